The summed E-state index contributed by atoms with van der Waals surface area (Å²) in [6.45, 7) is 4.64. The molecule has 1 amide bonds. The van der Waals surface area contributed by atoms with Crippen LogP contribution < -0.4 is 10.1 Å². The second kappa shape index (κ2) is 7.00. The summed E-state index contributed by atoms with van der Waals surface area (Å²) in [5.74, 6) is 1.24. The van der Waals surface area contributed by atoms with Crippen molar-refractivity contribution in [2.45, 2.75) is 51.7 Å². The van der Waals surface area contributed by atoms with E-state index in [1.165, 1.54) is 5.56 Å². The standard InChI is InChI=1S/C20H24N2O3S/c1-11-18(26-12(2)21-11)10-19(24)22-20(15-8-16(23)9-15)14-3-4-17-13(7-14)5-6-25-17/h3-4,7,15-16,20,23H,5-6,8-10H2,1-2H3,(H,22,24)/t15?,16?,20-/m1/s1. The van der Waals surface area contributed by atoms with E-state index < -0.39 is 0 Å². The van der Waals surface area contributed by atoms with Gasteiger partial charge in [-0.3, -0.25) is 4.79 Å². The lowest BCUT2D eigenvalue weighted by Crippen LogP contribution is -2.41. The van der Waals surface area contributed by atoms with Crippen molar-refractivity contribution in [3.05, 3.63) is 44.9 Å². The molecule has 2 heterocycles. The van der Waals surface area contributed by atoms with E-state index in [0.717, 1.165) is 52.8 Å². The molecule has 4 rings (SSSR count). The fourth-order valence-corrected chi connectivity index (χ4v) is 4.82. The fourth-order valence-electron chi connectivity index (χ4n) is 3.88. The molecule has 1 aliphatic carbocycles. The van der Waals surface area contributed by atoms with Crippen LogP contribution in [0.5, 0.6) is 5.75 Å². The summed E-state index contributed by atoms with van der Waals surface area (Å²) in [5.41, 5.74) is 3.25. The van der Waals surface area contributed by atoms with Gasteiger partial charge in [-0.05, 0) is 55.9 Å². The Kier molecular flexibility index (Phi) is 4.71. The number of aliphatic hydroxyl groups is 1. The zero-order valence-corrected chi connectivity index (χ0v) is 15.9. The number of amides is 1. The average Bonchev–Trinajstić information content (AvgIpc) is 3.15. The Morgan fingerprint density at radius 1 is 1.42 bits per heavy atom. The van der Waals surface area contributed by atoms with E-state index in [1.54, 1.807) is 11.3 Å². The van der Waals surface area contributed by atoms with Crippen LogP contribution in [0.2, 0.25) is 0 Å². The molecule has 2 aromatic rings. The van der Waals surface area contributed by atoms with Gasteiger partial charge in [0.1, 0.15) is 5.75 Å². The zero-order valence-electron chi connectivity index (χ0n) is 15.1. The predicted octanol–water partition coefficient (Wildman–Crippen LogP) is 2.87. The number of carbonyl (C=O) groups is 1. The lowest BCUT2D eigenvalue weighted by molar-refractivity contribution is -0.122. The third kappa shape index (κ3) is 3.48. The number of aliphatic hydroxyl groups excluding tert-OH is 1. The molecule has 5 nitrogen and oxygen atoms in total. The molecule has 1 saturated carbocycles. The minimum atomic E-state index is -0.247. The first-order valence-corrected chi connectivity index (χ1v) is 9.97. The quantitative estimate of drug-likeness (QED) is 0.847. The summed E-state index contributed by atoms with van der Waals surface area (Å²) in [7, 11) is 0. The first-order valence-electron chi connectivity index (χ1n) is 9.15. The first kappa shape index (κ1) is 17.5. The number of carbonyl (C=O) groups excluding carboxylic acids is 1. The van der Waals surface area contributed by atoms with Crippen molar-refractivity contribution >= 4 is 17.2 Å². The van der Waals surface area contributed by atoms with Crippen molar-refractivity contribution < 1.29 is 14.6 Å². The number of benzene rings is 1. The number of thiazole rings is 1. The SMILES string of the molecule is Cc1nc(C)c(CC(=O)N[C@H](c2ccc3c(c2)CCO3)C2CC(O)C2)s1. The molecule has 2 aliphatic rings. The Balaban J connectivity index is 1.52. The van der Waals surface area contributed by atoms with Crippen LogP contribution in [0.3, 0.4) is 0 Å². The highest BCUT2D eigenvalue weighted by atomic mass is 32.1. The summed E-state index contributed by atoms with van der Waals surface area (Å²) < 4.78 is 5.59. The highest BCUT2D eigenvalue weighted by molar-refractivity contribution is 7.11. The third-order valence-corrected chi connectivity index (χ3v) is 6.40. The minimum absolute atomic E-state index is 0.0138. The maximum absolute atomic E-state index is 12.7. The molecular weight excluding hydrogens is 348 g/mol. The van der Waals surface area contributed by atoms with Gasteiger partial charge in [-0.25, -0.2) is 4.98 Å². The maximum atomic E-state index is 12.7. The molecule has 26 heavy (non-hydrogen) atoms. The minimum Gasteiger partial charge on any atom is -0.493 e. The number of hydrogen-bond acceptors (Lipinski definition) is 5. The fraction of sp³-hybridized carbons (Fsp3) is 0.500. The summed E-state index contributed by atoms with van der Waals surface area (Å²) in [6.07, 6.45) is 2.49. The number of nitrogens with zero attached hydrogens (tertiary/aromatic N) is 1. The van der Waals surface area contributed by atoms with Crippen LogP contribution in [-0.4, -0.2) is 28.7 Å². The van der Waals surface area contributed by atoms with E-state index in [9.17, 15) is 9.90 Å². The summed E-state index contributed by atoms with van der Waals surface area (Å²) in [6, 6.07) is 6.14. The van der Waals surface area contributed by atoms with Crippen LogP contribution in [0.1, 0.15) is 45.6 Å². The summed E-state index contributed by atoms with van der Waals surface area (Å²) in [5, 5.41) is 13.9. The number of aryl methyl sites for hydroxylation is 2. The maximum Gasteiger partial charge on any atom is 0.225 e. The average molecular weight is 372 g/mol. The van der Waals surface area contributed by atoms with E-state index in [2.05, 4.69) is 16.4 Å². The molecule has 1 fully saturated rings. The smallest absolute Gasteiger partial charge is 0.225 e. The number of nitrogens with one attached hydrogen (secondary N) is 1. The summed E-state index contributed by atoms with van der Waals surface area (Å²) >= 11 is 1.58. The molecule has 1 aromatic carbocycles. The normalized spacial score (nSPS) is 22.3. The van der Waals surface area contributed by atoms with Crippen molar-refractivity contribution in [1.29, 1.82) is 0 Å². The predicted molar refractivity (Wildman–Crippen MR) is 101 cm³/mol. The van der Waals surface area contributed by atoms with Crippen molar-refractivity contribution in [3.8, 4) is 5.75 Å². The molecule has 0 bridgehead atoms. The Bertz CT molecular complexity index is 826. The van der Waals surface area contributed by atoms with Gasteiger partial charge < -0.3 is 15.2 Å². The molecule has 6 heteroatoms. The van der Waals surface area contributed by atoms with Crippen LogP contribution in [0, 0.1) is 19.8 Å². The second-order valence-corrected chi connectivity index (χ2v) is 8.60. The van der Waals surface area contributed by atoms with E-state index in [1.807, 2.05) is 26.0 Å². The monoisotopic (exact) mass is 372 g/mol. The van der Waals surface area contributed by atoms with Gasteiger partial charge >= 0.3 is 0 Å². The Morgan fingerprint density at radius 3 is 2.92 bits per heavy atom. The molecule has 138 valence electrons. The Hall–Kier alpha value is -1.92. The molecule has 1 aromatic heterocycles. The van der Waals surface area contributed by atoms with E-state index >= 15 is 0 Å². The van der Waals surface area contributed by atoms with Gasteiger partial charge in [-0.2, -0.15) is 0 Å². The lowest BCUT2D eigenvalue weighted by Gasteiger charge is -2.38. The molecule has 1 atom stereocenters. The van der Waals surface area contributed by atoms with E-state index in [4.69, 9.17) is 4.74 Å². The van der Waals surface area contributed by atoms with Gasteiger partial charge in [-0.15, -0.1) is 11.3 Å². The van der Waals surface area contributed by atoms with Crippen LogP contribution >= 0.6 is 11.3 Å². The van der Waals surface area contributed by atoms with Crippen LogP contribution in [0.15, 0.2) is 18.2 Å². The molecule has 0 unspecified atom stereocenters. The van der Waals surface area contributed by atoms with Gasteiger partial charge in [0.15, 0.2) is 0 Å². The molecular formula is C20H24N2O3S. The third-order valence-electron chi connectivity index (χ3n) is 5.33. The number of ether oxygens (including phenoxy) is 1. The van der Waals surface area contributed by atoms with Crippen LogP contribution in [-0.2, 0) is 17.6 Å². The molecule has 0 radical (unpaired) electrons. The van der Waals surface area contributed by atoms with Crippen LogP contribution in [0.25, 0.3) is 0 Å². The van der Waals surface area contributed by atoms with Gasteiger partial charge in [0.05, 0.1) is 35.9 Å². The van der Waals surface area contributed by atoms with Gasteiger partial charge in [0.25, 0.3) is 0 Å². The van der Waals surface area contributed by atoms with Crippen LogP contribution in [0.4, 0.5) is 0 Å². The van der Waals surface area contributed by atoms with Gasteiger partial charge in [0, 0.05) is 11.3 Å². The number of hydrogen-bond donors (Lipinski definition) is 2. The molecule has 1 aliphatic heterocycles. The summed E-state index contributed by atoms with van der Waals surface area (Å²) in [4.78, 5) is 18.1. The largest absolute Gasteiger partial charge is 0.493 e. The van der Waals surface area contributed by atoms with Crippen molar-refractivity contribution in [1.82, 2.24) is 10.3 Å². The molecule has 2 N–H and O–H groups in total. The number of rotatable bonds is 5. The topological polar surface area (TPSA) is 71.5 Å². The molecule has 0 saturated heterocycles. The number of aromatic nitrogens is 1. The van der Waals surface area contributed by atoms with Crippen molar-refractivity contribution in [3.63, 3.8) is 0 Å². The highest BCUT2D eigenvalue weighted by Gasteiger charge is 2.36. The second-order valence-electron chi connectivity index (χ2n) is 7.31. The first-order chi connectivity index (χ1) is 12.5. The van der Waals surface area contributed by atoms with E-state index in [0.29, 0.717) is 6.42 Å². The van der Waals surface area contributed by atoms with E-state index in [-0.39, 0.29) is 24.0 Å². The number of fused-ring (bicyclic) bond motifs is 1. The Labute approximate surface area is 157 Å². The van der Waals surface area contributed by atoms with Gasteiger partial charge in [0.2, 0.25) is 5.91 Å². The zero-order chi connectivity index (χ0) is 18.3. The lowest BCUT2D eigenvalue weighted by atomic mass is 9.74. The molecule has 0 spiro atoms. The van der Waals surface area contributed by atoms with Crippen molar-refractivity contribution in [2.75, 3.05) is 6.61 Å². The highest BCUT2D eigenvalue weighted by Crippen LogP contribution is 2.39. The van der Waals surface area contributed by atoms with Crippen molar-refractivity contribution in [2.24, 2.45) is 5.92 Å². The van der Waals surface area contributed by atoms with Gasteiger partial charge in [-0.1, -0.05) is 6.07 Å². The Morgan fingerprint density at radius 2 is 2.23 bits per heavy atom.